The minimum absolute atomic E-state index is 0.0979. The first kappa shape index (κ1) is 23.5. The quantitative estimate of drug-likeness (QED) is 0.418. The van der Waals surface area contributed by atoms with Crippen LogP contribution in [-0.2, 0) is 17.7 Å². The van der Waals surface area contributed by atoms with Crippen molar-refractivity contribution in [2.24, 2.45) is 0 Å². The maximum Gasteiger partial charge on any atom is 0.265 e. The summed E-state index contributed by atoms with van der Waals surface area (Å²) in [5.41, 5.74) is 10.4. The second kappa shape index (κ2) is 10.2. The largest absolute Gasteiger partial charge is 0.379 e. The van der Waals surface area contributed by atoms with Crippen molar-refractivity contribution in [2.75, 3.05) is 26.3 Å². The second-order valence-electron chi connectivity index (χ2n) is 9.08. The molecule has 0 saturated carbocycles. The fourth-order valence-corrected chi connectivity index (χ4v) is 4.61. The van der Waals surface area contributed by atoms with E-state index in [9.17, 15) is 4.79 Å². The number of nitrogens with zero attached hydrogens (tertiary/aromatic N) is 3. The number of aromatic nitrogens is 2. The molecule has 5 rings (SSSR count). The van der Waals surface area contributed by atoms with Gasteiger partial charge in [-0.2, -0.15) is 0 Å². The zero-order valence-electron chi connectivity index (χ0n) is 20.1. The molecule has 0 spiro atoms. The van der Waals surface area contributed by atoms with Gasteiger partial charge in [0.1, 0.15) is 5.82 Å². The van der Waals surface area contributed by atoms with Gasteiger partial charge in [0.25, 0.3) is 5.91 Å². The number of fused-ring (bicyclic) bond motifs is 1. The standard InChI is InChI=1S/C28H29ClN4O2/c1-19-14-25-26(15-20(19)2)33(27(30-25)17-22-4-3-5-24(29)16-22)18-21-6-8-23(9-7-21)28(34)31-32-10-12-35-13-11-32/h3-9,14-16H,10-13,17-18H2,1-2H3,(H,31,34). The Morgan fingerprint density at radius 2 is 1.74 bits per heavy atom. The average molecular weight is 489 g/mol. The van der Waals surface area contributed by atoms with Crippen LogP contribution in [0.25, 0.3) is 11.0 Å². The van der Waals surface area contributed by atoms with E-state index in [1.54, 1.807) is 0 Å². The number of aryl methyl sites for hydroxylation is 2. The lowest BCUT2D eigenvalue weighted by molar-refractivity contribution is 0.0126. The molecule has 0 atom stereocenters. The molecule has 1 N–H and O–H groups in total. The summed E-state index contributed by atoms with van der Waals surface area (Å²) in [6.07, 6.45) is 0.688. The van der Waals surface area contributed by atoms with Crippen LogP contribution in [0.2, 0.25) is 5.02 Å². The van der Waals surface area contributed by atoms with E-state index in [0.29, 0.717) is 44.8 Å². The van der Waals surface area contributed by atoms with Gasteiger partial charge in [-0.3, -0.25) is 10.2 Å². The molecule has 0 unspecified atom stereocenters. The predicted octanol–water partition coefficient (Wildman–Crippen LogP) is 4.92. The molecule has 0 bridgehead atoms. The number of amides is 1. The van der Waals surface area contributed by atoms with Crippen molar-refractivity contribution in [1.82, 2.24) is 20.0 Å². The Morgan fingerprint density at radius 1 is 1.00 bits per heavy atom. The molecular formula is C28H29ClN4O2. The van der Waals surface area contributed by atoms with Gasteiger partial charge in [0, 0.05) is 36.6 Å². The lowest BCUT2D eigenvalue weighted by Gasteiger charge is -2.26. The summed E-state index contributed by atoms with van der Waals surface area (Å²) in [6, 6.07) is 20.1. The predicted molar refractivity (Wildman–Crippen MR) is 139 cm³/mol. The fraction of sp³-hybridized carbons (Fsp3) is 0.286. The van der Waals surface area contributed by atoms with E-state index in [2.05, 4.69) is 42.0 Å². The van der Waals surface area contributed by atoms with Crippen LogP contribution in [0.15, 0.2) is 60.7 Å². The van der Waals surface area contributed by atoms with Gasteiger partial charge in [-0.1, -0.05) is 35.9 Å². The number of hydrazine groups is 1. The molecule has 4 aromatic rings. The number of carbonyl (C=O) groups is 1. The molecule has 1 amide bonds. The maximum atomic E-state index is 12.7. The van der Waals surface area contributed by atoms with Crippen LogP contribution in [0.3, 0.4) is 0 Å². The highest BCUT2D eigenvalue weighted by molar-refractivity contribution is 6.30. The van der Waals surface area contributed by atoms with Gasteiger partial charge in [0.05, 0.1) is 24.2 Å². The van der Waals surface area contributed by atoms with Gasteiger partial charge < -0.3 is 9.30 Å². The zero-order chi connectivity index (χ0) is 24.4. The number of benzene rings is 3. The molecule has 1 aliphatic heterocycles. The van der Waals surface area contributed by atoms with Gasteiger partial charge in [-0.15, -0.1) is 0 Å². The molecule has 1 fully saturated rings. The minimum atomic E-state index is -0.0979. The van der Waals surface area contributed by atoms with E-state index in [-0.39, 0.29) is 5.91 Å². The molecule has 0 radical (unpaired) electrons. The number of rotatable bonds is 6. The Labute approximate surface area is 210 Å². The first-order valence-corrected chi connectivity index (χ1v) is 12.3. The number of halogens is 1. The number of carbonyl (C=O) groups excluding carboxylic acids is 1. The van der Waals surface area contributed by atoms with Crippen molar-refractivity contribution >= 4 is 28.5 Å². The molecule has 3 aromatic carbocycles. The second-order valence-corrected chi connectivity index (χ2v) is 9.52. The molecule has 35 heavy (non-hydrogen) atoms. The van der Waals surface area contributed by atoms with Gasteiger partial charge in [0.15, 0.2) is 0 Å². The fourth-order valence-electron chi connectivity index (χ4n) is 4.40. The summed E-state index contributed by atoms with van der Waals surface area (Å²) in [5.74, 6) is 0.890. The number of hydrogen-bond acceptors (Lipinski definition) is 4. The molecule has 1 aliphatic rings. The van der Waals surface area contributed by atoms with E-state index >= 15 is 0 Å². The highest BCUT2D eigenvalue weighted by Crippen LogP contribution is 2.24. The summed E-state index contributed by atoms with van der Waals surface area (Å²) >= 11 is 6.23. The normalized spacial score (nSPS) is 14.4. The Hall–Kier alpha value is -3.19. The van der Waals surface area contributed by atoms with Gasteiger partial charge in [0.2, 0.25) is 0 Å². The van der Waals surface area contributed by atoms with Crippen LogP contribution < -0.4 is 5.43 Å². The van der Waals surface area contributed by atoms with E-state index in [0.717, 1.165) is 33.0 Å². The van der Waals surface area contributed by atoms with E-state index in [1.807, 2.05) is 47.5 Å². The Balaban J connectivity index is 1.41. The van der Waals surface area contributed by atoms with Crippen LogP contribution in [0.1, 0.15) is 38.4 Å². The SMILES string of the molecule is Cc1cc2nc(Cc3cccc(Cl)c3)n(Cc3ccc(C(=O)NN4CCOCC4)cc3)c2cc1C. The van der Waals surface area contributed by atoms with Crippen molar-refractivity contribution < 1.29 is 9.53 Å². The van der Waals surface area contributed by atoms with Crippen molar-refractivity contribution in [2.45, 2.75) is 26.8 Å². The highest BCUT2D eigenvalue weighted by atomic mass is 35.5. The molecule has 1 saturated heterocycles. The molecular weight excluding hydrogens is 460 g/mol. The smallest absolute Gasteiger partial charge is 0.265 e. The molecule has 6 nitrogen and oxygen atoms in total. The zero-order valence-corrected chi connectivity index (χ0v) is 20.8. The van der Waals surface area contributed by atoms with Crippen LogP contribution in [0.5, 0.6) is 0 Å². The monoisotopic (exact) mass is 488 g/mol. The third kappa shape index (κ3) is 5.40. The lowest BCUT2D eigenvalue weighted by atomic mass is 10.1. The first-order chi connectivity index (χ1) is 17.0. The average Bonchev–Trinajstić information content (AvgIpc) is 3.16. The molecule has 180 valence electrons. The van der Waals surface area contributed by atoms with E-state index in [1.165, 1.54) is 11.1 Å². The first-order valence-electron chi connectivity index (χ1n) is 11.9. The lowest BCUT2D eigenvalue weighted by Crippen LogP contribution is -2.48. The Kier molecular flexibility index (Phi) is 6.86. The number of imidazole rings is 1. The van der Waals surface area contributed by atoms with Crippen molar-refractivity contribution in [3.8, 4) is 0 Å². The summed E-state index contributed by atoms with van der Waals surface area (Å²) in [4.78, 5) is 17.6. The molecule has 1 aromatic heterocycles. The molecule has 2 heterocycles. The Morgan fingerprint density at radius 3 is 2.49 bits per heavy atom. The third-order valence-electron chi connectivity index (χ3n) is 6.52. The number of nitrogens with one attached hydrogen (secondary N) is 1. The topological polar surface area (TPSA) is 59.4 Å². The van der Waals surface area contributed by atoms with Crippen LogP contribution in [0.4, 0.5) is 0 Å². The summed E-state index contributed by atoms with van der Waals surface area (Å²) in [7, 11) is 0. The number of ether oxygens (including phenoxy) is 1. The van der Waals surface area contributed by atoms with Gasteiger partial charge in [-0.05, 0) is 72.5 Å². The van der Waals surface area contributed by atoms with Crippen LogP contribution in [0, 0.1) is 13.8 Å². The Bertz CT molecular complexity index is 1360. The maximum absolute atomic E-state index is 12.7. The van der Waals surface area contributed by atoms with E-state index in [4.69, 9.17) is 21.3 Å². The minimum Gasteiger partial charge on any atom is -0.379 e. The molecule has 7 heteroatoms. The van der Waals surface area contributed by atoms with Gasteiger partial charge in [-0.25, -0.2) is 9.99 Å². The number of hydrogen-bond donors (Lipinski definition) is 1. The van der Waals surface area contributed by atoms with Crippen molar-refractivity contribution in [1.29, 1.82) is 0 Å². The number of morpholine rings is 1. The highest BCUT2D eigenvalue weighted by Gasteiger charge is 2.16. The van der Waals surface area contributed by atoms with E-state index < -0.39 is 0 Å². The molecule has 0 aliphatic carbocycles. The van der Waals surface area contributed by atoms with Crippen molar-refractivity contribution in [3.63, 3.8) is 0 Å². The summed E-state index contributed by atoms with van der Waals surface area (Å²) in [6.45, 7) is 7.58. The van der Waals surface area contributed by atoms with Crippen LogP contribution >= 0.6 is 11.6 Å². The van der Waals surface area contributed by atoms with Crippen LogP contribution in [-0.4, -0.2) is 46.8 Å². The summed E-state index contributed by atoms with van der Waals surface area (Å²) < 4.78 is 7.61. The van der Waals surface area contributed by atoms with Crippen molar-refractivity contribution in [3.05, 3.63) is 99.3 Å². The summed E-state index contributed by atoms with van der Waals surface area (Å²) in [5, 5.41) is 2.63. The third-order valence-corrected chi connectivity index (χ3v) is 6.76. The van der Waals surface area contributed by atoms with Gasteiger partial charge >= 0.3 is 0 Å².